The third-order valence-corrected chi connectivity index (χ3v) is 4.75. The van der Waals surface area contributed by atoms with Crippen molar-refractivity contribution in [2.24, 2.45) is 0 Å². The van der Waals surface area contributed by atoms with Crippen LogP contribution in [0, 0.1) is 0 Å². The standard InChI is InChI=1S/2C4H7O.Sn/c2*1-3-4(2)5;/h2*1,3H2,2H3;. The predicted molar refractivity (Wildman–Crippen MR) is 46.0 cm³/mol. The van der Waals surface area contributed by atoms with Gasteiger partial charge in [0.15, 0.2) is 0 Å². The first kappa shape index (κ1) is 11.1. The molecule has 0 aliphatic heterocycles. The molecule has 0 bridgehead atoms. The van der Waals surface area contributed by atoms with Crippen LogP contribution in [0.1, 0.15) is 26.7 Å². The summed E-state index contributed by atoms with van der Waals surface area (Å²) >= 11 is -0.366. The van der Waals surface area contributed by atoms with Crippen molar-refractivity contribution in [1.29, 1.82) is 0 Å². The third kappa shape index (κ3) is 10.1. The summed E-state index contributed by atoms with van der Waals surface area (Å²) < 4.78 is 2.21. The van der Waals surface area contributed by atoms with Gasteiger partial charge in [-0.25, -0.2) is 0 Å². The molecule has 0 aliphatic rings. The molecule has 0 aliphatic carbocycles. The van der Waals surface area contributed by atoms with Crippen molar-refractivity contribution < 1.29 is 9.59 Å². The molecule has 0 aromatic rings. The van der Waals surface area contributed by atoms with Gasteiger partial charge in [0.1, 0.15) is 0 Å². The van der Waals surface area contributed by atoms with Crippen LogP contribution in [0.25, 0.3) is 0 Å². The van der Waals surface area contributed by atoms with Crippen LogP contribution >= 0.6 is 0 Å². The van der Waals surface area contributed by atoms with Gasteiger partial charge in [0, 0.05) is 0 Å². The van der Waals surface area contributed by atoms with Gasteiger partial charge in [-0.3, -0.25) is 0 Å². The molecule has 0 atom stereocenters. The summed E-state index contributed by atoms with van der Waals surface area (Å²) in [6.07, 6.45) is 1.48. The Labute approximate surface area is 78.0 Å². The molecule has 0 N–H and O–H groups in total. The van der Waals surface area contributed by atoms with Crippen LogP contribution in [0.4, 0.5) is 0 Å². The molecule has 0 fully saturated rings. The van der Waals surface area contributed by atoms with Crippen LogP contribution in [0.2, 0.25) is 8.87 Å². The Hall–Kier alpha value is 0.139. The van der Waals surface area contributed by atoms with Gasteiger partial charge in [0.05, 0.1) is 0 Å². The number of ketones is 2. The Kier molecular flexibility index (Phi) is 6.91. The van der Waals surface area contributed by atoms with Crippen LogP contribution in [0.5, 0.6) is 0 Å². The Bertz CT molecular complexity index is 127. The summed E-state index contributed by atoms with van der Waals surface area (Å²) in [5.41, 5.74) is 0. The Morgan fingerprint density at radius 1 is 1.00 bits per heavy atom. The van der Waals surface area contributed by atoms with Crippen molar-refractivity contribution in [2.75, 3.05) is 0 Å². The summed E-state index contributed by atoms with van der Waals surface area (Å²) in [6, 6.07) is 0. The molecular weight excluding hydrogens is 247 g/mol. The average Bonchev–Trinajstić information content (AvgIpc) is 1.85. The molecule has 3 heteroatoms. The van der Waals surface area contributed by atoms with E-state index in [-0.39, 0.29) is 32.7 Å². The second-order valence-corrected chi connectivity index (χ2v) is 6.94. The van der Waals surface area contributed by atoms with E-state index in [1.807, 2.05) is 0 Å². The van der Waals surface area contributed by atoms with Gasteiger partial charge in [-0.15, -0.1) is 0 Å². The molecule has 0 saturated carbocycles. The molecule has 0 saturated heterocycles. The Balaban J connectivity index is 3.03. The maximum absolute atomic E-state index is 10.5. The van der Waals surface area contributed by atoms with Crippen molar-refractivity contribution in [3.63, 3.8) is 0 Å². The first-order valence-corrected chi connectivity index (χ1v) is 7.86. The summed E-state index contributed by atoms with van der Waals surface area (Å²) in [5, 5.41) is 0. The normalized spacial score (nSPS) is 9.64. The van der Waals surface area contributed by atoms with Crippen LogP contribution in [0.3, 0.4) is 0 Å². The predicted octanol–water partition coefficient (Wildman–Crippen LogP) is 1.49. The van der Waals surface area contributed by atoms with E-state index in [1.54, 1.807) is 13.8 Å². The van der Waals surface area contributed by atoms with Gasteiger partial charge in [-0.05, 0) is 0 Å². The van der Waals surface area contributed by atoms with Crippen LogP contribution in [0.15, 0.2) is 0 Å². The number of rotatable bonds is 6. The van der Waals surface area contributed by atoms with Gasteiger partial charge >= 0.3 is 77.9 Å². The second-order valence-electron chi connectivity index (χ2n) is 2.65. The quantitative estimate of drug-likeness (QED) is 0.536. The minimum absolute atomic E-state index is 0.286. The summed E-state index contributed by atoms with van der Waals surface area (Å²) in [7, 11) is 0. The molecule has 0 spiro atoms. The monoisotopic (exact) mass is 262 g/mol. The number of carbonyl (C=O) groups is 2. The van der Waals surface area contributed by atoms with Gasteiger partial charge in [-0.1, -0.05) is 0 Å². The Morgan fingerprint density at radius 3 is 1.64 bits per heavy atom. The topological polar surface area (TPSA) is 34.1 Å². The molecule has 0 unspecified atom stereocenters. The second kappa shape index (κ2) is 6.82. The molecule has 0 heterocycles. The third-order valence-electron chi connectivity index (χ3n) is 1.31. The zero-order chi connectivity index (χ0) is 8.69. The molecule has 2 radical (unpaired) electrons. The minimum atomic E-state index is -0.366. The van der Waals surface area contributed by atoms with Crippen LogP contribution in [-0.2, 0) is 9.59 Å². The first-order valence-electron chi connectivity index (χ1n) is 3.82. The van der Waals surface area contributed by atoms with E-state index in [0.717, 1.165) is 21.7 Å². The van der Waals surface area contributed by atoms with Crippen LogP contribution < -0.4 is 0 Å². The number of Topliss-reactive ketones (excluding diaryl/α,β-unsaturated/α-hetero) is 2. The SMILES string of the molecule is CC(=O)C[CH2][Sn][CH2]CC(C)=O. The van der Waals surface area contributed by atoms with E-state index in [0.29, 0.717) is 0 Å². The molecule has 11 heavy (non-hydrogen) atoms. The molecule has 0 aromatic heterocycles. The number of hydrogen-bond donors (Lipinski definition) is 0. The fraction of sp³-hybridized carbons (Fsp3) is 0.750. The fourth-order valence-corrected chi connectivity index (χ4v) is 4.39. The van der Waals surface area contributed by atoms with E-state index in [2.05, 4.69) is 0 Å². The molecule has 62 valence electrons. The van der Waals surface area contributed by atoms with Crippen molar-refractivity contribution in [2.45, 2.75) is 35.6 Å². The first-order chi connectivity index (χ1) is 5.13. The van der Waals surface area contributed by atoms with E-state index in [9.17, 15) is 9.59 Å². The van der Waals surface area contributed by atoms with Crippen LogP contribution in [-0.4, -0.2) is 32.7 Å². The van der Waals surface area contributed by atoms with Crippen molar-refractivity contribution in [3.05, 3.63) is 0 Å². The van der Waals surface area contributed by atoms with E-state index < -0.39 is 0 Å². The molecule has 0 rings (SSSR count). The van der Waals surface area contributed by atoms with E-state index >= 15 is 0 Å². The van der Waals surface area contributed by atoms with Gasteiger partial charge < -0.3 is 0 Å². The number of carbonyl (C=O) groups excluding carboxylic acids is 2. The molecule has 0 aromatic carbocycles. The van der Waals surface area contributed by atoms with Gasteiger partial charge in [0.25, 0.3) is 0 Å². The fourth-order valence-electron chi connectivity index (χ4n) is 0.654. The zero-order valence-corrected chi connectivity index (χ0v) is 10.00. The van der Waals surface area contributed by atoms with E-state index in [4.69, 9.17) is 0 Å². The summed E-state index contributed by atoms with van der Waals surface area (Å²) in [6.45, 7) is 3.26. The molecule has 0 amide bonds. The van der Waals surface area contributed by atoms with Crippen molar-refractivity contribution >= 4 is 32.7 Å². The average molecular weight is 261 g/mol. The van der Waals surface area contributed by atoms with Gasteiger partial charge in [-0.2, -0.15) is 0 Å². The molecule has 2 nitrogen and oxygen atoms in total. The van der Waals surface area contributed by atoms with Crippen molar-refractivity contribution in [3.8, 4) is 0 Å². The maximum atomic E-state index is 10.5. The summed E-state index contributed by atoms with van der Waals surface area (Å²) in [4.78, 5) is 21.0. The van der Waals surface area contributed by atoms with E-state index in [1.165, 1.54) is 0 Å². The Morgan fingerprint density at radius 2 is 1.36 bits per heavy atom. The van der Waals surface area contributed by atoms with Gasteiger partial charge in [0.2, 0.25) is 0 Å². The van der Waals surface area contributed by atoms with Crippen molar-refractivity contribution in [1.82, 2.24) is 0 Å². The molecular formula is C8H14O2Sn. The number of hydrogen-bond acceptors (Lipinski definition) is 2. The zero-order valence-electron chi connectivity index (χ0n) is 7.14. The summed E-state index contributed by atoms with van der Waals surface area (Å²) in [5.74, 6) is 0.572.